The van der Waals surface area contributed by atoms with Gasteiger partial charge >= 0.3 is 0 Å². The predicted octanol–water partition coefficient (Wildman–Crippen LogP) is 3.17. The van der Waals surface area contributed by atoms with Gasteiger partial charge < -0.3 is 14.6 Å². The highest BCUT2D eigenvalue weighted by Crippen LogP contribution is 2.39. The Hall–Kier alpha value is -1.84. The third kappa shape index (κ3) is 2.30. The standard InChI is InChI=1S/C17H18O3/c1-17(18)15-6-4-3-5-13(15)11-16(20-17)12-7-9-14(19-2)10-8-12/h3-10,16,18H,11H2,1-2H3/t16-,17+/m1/s1. The topological polar surface area (TPSA) is 38.7 Å². The summed E-state index contributed by atoms with van der Waals surface area (Å²) in [4.78, 5) is 0. The van der Waals surface area contributed by atoms with E-state index in [4.69, 9.17) is 9.47 Å². The average molecular weight is 270 g/mol. The van der Waals surface area contributed by atoms with Gasteiger partial charge in [0.05, 0.1) is 13.2 Å². The molecule has 0 aromatic heterocycles. The van der Waals surface area contributed by atoms with Gasteiger partial charge in [0.25, 0.3) is 0 Å². The Bertz CT molecular complexity index is 602. The van der Waals surface area contributed by atoms with E-state index in [2.05, 4.69) is 0 Å². The molecular weight excluding hydrogens is 252 g/mol. The average Bonchev–Trinajstić information content (AvgIpc) is 2.47. The van der Waals surface area contributed by atoms with E-state index in [0.717, 1.165) is 28.9 Å². The molecule has 2 aromatic rings. The normalized spacial score (nSPS) is 25.1. The van der Waals surface area contributed by atoms with E-state index in [1.54, 1.807) is 14.0 Å². The van der Waals surface area contributed by atoms with Crippen LogP contribution in [0.1, 0.15) is 29.7 Å². The molecule has 1 N–H and O–H groups in total. The van der Waals surface area contributed by atoms with E-state index in [9.17, 15) is 5.11 Å². The third-order valence-corrected chi connectivity index (χ3v) is 3.78. The lowest BCUT2D eigenvalue weighted by Gasteiger charge is -2.36. The van der Waals surface area contributed by atoms with Crippen LogP contribution in [0.2, 0.25) is 0 Å². The Morgan fingerprint density at radius 3 is 2.55 bits per heavy atom. The van der Waals surface area contributed by atoms with Crippen LogP contribution in [0, 0.1) is 0 Å². The first kappa shape index (κ1) is 13.2. The fourth-order valence-electron chi connectivity index (χ4n) is 2.74. The molecule has 3 heteroatoms. The van der Waals surface area contributed by atoms with Gasteiger partial charge in [-0.1, -0.05) is 36.4 Å². The molecular formula is C17H18O3. The van der Waals surface area contributed by atoms with Crippen LogP contribution >= 0.6 is 0 Å². The molecule has 0 saturated carbocycles. The fraction of sp³-hybridized carbons (Fsp3) is 0.294. The second-order valence-electron chi connectivity index (χ2n) is 5.22. The minimum atomic E-state index is -1.25. The Morgan fingerprint density at radius 2 is 1.85 bits per heavy atom. The zero-order valence-electron chi connectivity index (χ0n) is 11.7. The lowest BCUT2D eigenvalue weighted by atomic mass is 9.90. The molecule has 0 bridgehead atoms. The molecule has 0 aliphatic carbocycles. The third-order valence-electron chi connectivity index (χ3n) is 3.78. The van der Waals surface area contributed by atoms with E-state index in [1.807, 2.05) is 48.5 Å². The zero-order valence-corrected chi connectivity index (χ0v) is 11.7. The van der Waals surface area contributed by atoms with E-state index < -0.39 is 5.79 Å². The van der Waals surface area contributed by atoms with Crippen molar-refractivity contribution in [2.45, 2.75) is 25.2 Å². The molecule has 0 amide bonds. The number of ether oxygens (including phenoxy) is 2. The molecule has 0 fully saturated rings. The largest absolute Gasteiger partial charge is 0.497 e. The number of methoxy groups -OCH3 is 1. The second-order valence-corrected chi connectivity index (χ2v) is 5.22. The molecule has 0 spiro atoms. The lowest BCUT2D eigenvalue weighted by molar-refractivity contribution is -0.237. The minimum absolute atomic E-state index is 0.147. The van der Waals surface area contributed by atoms with Crippen molar-refractivity contribution in [2.75, 3.05) is 7.11 Å². The number of aliphatic hydroxyl groups is 1. The molecule has 2 aromatic carbocycles. The molecule has 20 heavy (non-hydrogen) atoms. The van der Waals surface area contributed by atoms with E-state index in [1.165, 1.54) is 0 Å². The quantitative estimate of drug-likeness (QED) is 0.911. The van der Waals surface area contributed by atoms with Gasteiger partial charge in [0.1, 0.15) is 5.75 Å². The summed E-state index contributed by atoms with van der Waals surface area (Å²) in [6, 6.07) is 15.7. The summed E-state index contributed by atoms with van der Waals surface area (Å²) < 4.78 is 11.0. The molecule has 0 radical (unpaired) electrons. The summed E-state index contributed by atoms with van der Waals surface area (Å²) in [5.41, 5.74) is 3.02. The molecule has 3 rings (SSSR count). The minimum Gasteiger partial charge on any atom is -0.497 e. The number of fused-ring (bicyclic) bond motifs is 1. The van der Waals surface area contributed by atoms with Gasteiger partial charge in [-0.2, -0.15) is 0 Å². The van der Waals surface area contributed by atoms with Crippen LogP contribution in [0.3, 0.4) is 0 Å². The summed E-state index contributed by atoms with van der Waals surface area (Å²) in [6.07, 6.45) is 0.615. The fourth-order valence-corrected chi connectivity index (χ4v) is 2.74. The maximum Gasteiger partial charge on any atom is 0.190 e. The van der Waals surface area contributed by atoms with Crippen molar-refractivity contribution in [3.63, 3.8) is 0 Å². The van der Waals surface area contributed by atoms with Gasteiger partial charge in [-0.25, -0.2) is 0 Å². The van der Waals surface area contributed by atoms with Crippen molar-refractivity contribution in [2.24, 2.45) is 0 Å². The van der Waals surface area contributed by atoms with Crippen molar-refractivity contribution >= 4 is 0 Å². The molecule has 0 unspecified atom stereocenters. The first-order valence-corrected chi connectivity index (χ1v) is 6.72. The van der Waals surface area contributed by atoms with Crippen LogP contribution in [-0.2, 0) is 16.9 Å². The summed E-state index contributed by atoms with van der Waals surface area (Å²) >= 11 is 0. The monoisotopic (exact) mass is 270 g/mol. The summed E-state index contributed by atoms with van der Waals surface area (Å²) in [5, 5.41) is 10.5. The first-order valence-electron chi connectivity index (χ1n) is 6.72. The number of rotatable bonds is 2. The molecule has 1 aliphatic rings. The van der Waals surface area contributed by atoms with Crippen LogP contribution in [0.25, 0.3) is 0 Å². The molecule has 1 aliphatic heterocycles. The Labute approximate surface area is 118 Å². The van der Waals surface area contributed by atoms with Gasteiger partial charge in [-0.15, -0.1) is 0 Å². The van der Waals surface area contributed by atoms with Crippen molar-refractivity contribution in [3.8, 4) is 5.75 Å². The van der Waals surface area contributed by atoms with Crippen LogP contribution in [0.15, 0.2) is 48.5 Å². The van der Waals surface area contributed by atoms with E-state index >= 15 is 0 Å². The highest BCUT2D eigenvalue weighted by Gasteiger charge is 2.35. The molecule has 3 nitrogen and oxygen atoms in total. The van der Waals surface area contributed by atoms with Crippen molar-refractivity contribution in [1.82, 2.24) is 0 Å². The Morgan fingerprint density at radius 1 is 1.15 bits per heavy atom. The van der Waals surface area contributed by atoms with Crippen molar-refractivity contribution in [3.05, 3.63) is 65.2 Å². The molecule has 0 saturated heterocycles. The number of benzene rings is 2. The maximum atomic E-state index is 10.5. The summed E-state index contributed by atoms with van der Waals surface area (Å²) in [6.45, 7) is 1.70. The SMILES string of the molecule is COc1ccc([C@H]2Cc3ccccc3[C@@](C)(O)O2)cc1. The van der Waals surface area contributed by atoms with Crippen LogP contribution in [0.4, 0.5) is 0 Å². The first-order chi connectivity index (χ1) is 9.60. The molecule has 104 valence electrons. The van der Waals surface area contributed by atoms with Crippen LogP contribution in [-0.4, -0.2) is 12.2 Å². The van der Waals surface area contributed by atoms with Gasteiger partial charge in [-0.05, 0) is 30.2 Å². The Kier molecular flexibility index (Phi) is 3.24. The van der Waals surface area contributed by atoms with Gasteiger partial charge in [0, 0.05) is 12.0 Å². The van der Waals surface area contributed by atoms with Crippen LogP contribution < -0.4 is 4.74 Å². The molecule has 2 atom stereocenters. The van der Waals surface area contributed by atoms with Gasteiger partial charge in [-0.3, -0.25) is 0 Å². The number of hydrogen-bond acceptors (Lipinski definition) is 3. The van der Waals surface area contributed by atoms with Crippen molar-refractivity contribution in [1.29, 1.82) is 0 Å². The lowest BCUT2D eigenvalue weighted by Crippen LogP contribution is -2.34. The van der Waals surface area contributed by atoms with E-state index in [0.29, 0.717) is 0 Å². The summed E-state index contributed by atoms with van der Waals surface area (Å²) in [5.74, 6) is -0.434. The van der Waals surface area contributed by atoms with Crippen LogP contribution in [0.5, 0.6) is 5.75 Å². The van der Waals surface area contributed by atoms with Crippen molar-refractivity contribution < 1.29 is 14.6 Å². The molecule has 1 heterocycles. The zero-order chi connectivity index (χ0) is 14.2. The maximum absolute atomic E-state index is 10.5. The van der Waals surface area contributed by atoms with Gasteiger partial charge in [0.2, 0.25) is 0 Å². The van der Waals surface area contributed by atoms with Gasteiger partial charge in [0.15, 0.2) is 5.79 Å². The number of hydrogen-bond donors (Lipinski definition) is 1. The summed E-state index contributed by atoms with van der Waals surface area (Å²) in [7, 11) is 1.65. The highest BCUT2D eigenvalue weighted by molar-refractivity contribution is 5.36. The highest BCUT2D eigenvalue weighted by atomic mass is 16.6. The Balaban J connectivity index is 1.94. The predicted molar refractivity (Wildman–Crippen MR) is 76.5 cm³/mol. The second kappa shape index (κ2) is 4.93. The smallest absolute Gasteiger partial charge is 0.190 e. The van der Waals surface area contributed by atoms with E-state index in [-0.39, 0.29) is 6.10 Å².